The van der Waals surface area contributed by atoms with Crippen molar-refractivity contribution in [1.29, 1.82) is 0 Å². The zero-order valence-electron chi connectivity index (χ0n) is 26.3. The molecule has 5 aromatic rings. The molecule has 0 unspecified atom stereocenters. The van der Waals surface area contributed by atoms with Crippen LogP contribution in [0.3, 0.4) is 0 Å². The molecule has 0 saturated heterocycles. The van der Waals surface area contributed by atoms with Crippen LogP contribution in [0, 0.1) is 22.9 Å². The van der Waals surface area contributed by atoms with Crippen molar-refractivity contribution in [1.82, 2.24) is 0 Å². The smallest absolute Gasteiger partial charge is 0.174 e. The zero-order valence-corrected chi connectivity index (χ0v) is 30.0. The third kappa shape index (κ3) is 5.40. The Morgan fingerprint density at radius 1 is 0.524 bits per heavy atom. The highest BCUT2D eigenvalue weighted by atomic mass is 32.1. The molecular weight excluding hydrogens is 585 g/mol. The first-order valence-corrected chi connectivity index (χ1v) is 22.2. The summed E-state index contributed by atoms with van der Waals surface area (Å²) in [5, 5.41) is 9.10. The Kier molecular flexibility index (Phi) is 9.11. The molecule has 0 radical (unpaired) electrons. The molecule has 0 N–H and O–H groups in total. The van der Waals surface area contributed by atoms with Crippen LogP contribution in [-0.4, -0.2) is 30.4 Å². The van der Waals surface area contributed by atoms with Gasteiger partial charge in [-0.3, -0.25) is 0 Å². The molecule has 3 aromatic carbocycles. The Balaban J connectivity index is 1.99. The molecule has 0 atom stereocenters. The van der Waals surface area contributed by atoms with Crippen LogP contribution in [0.25, 0.3) is 41.7 Å². The van der Waals surface area contributed by atoms with E-state index < -0.39 is 16.1 Å². The summed E-state index contributed by atoms with van der Waals surface area (Å²) >= 11 is 3.40. The van der Waals surface area contributed by atoms with Gasteiger partial charge in [0.2, 0.25) is 0 Å². The van der Waals surface area contributed by atoms with Gasteiger partial charge in [0, 0.05) is 31.3 Å². The van der Waals surface area contributed by atoms with E-state index in [0.29, 0.717) is 0 Å². The highest BCUT2D eigenvalue weighted by molar-refractivity contribution is 7.21. The molecule has 2 nitrogen and oxygen atoms in total. The topological polar surface area (TPSA) is 18.5 Å². The van der Waals surface area contributed by atoms with Gasteiger partial charge in [0.25, 0.3) is 0 Å². The normalized spacial score (nSPS) is 12.0. The van der Waals surface area contributed by atoms with Crippen molar-refractivity contribution in [3.63, 3.8) is 0 Å². The fourth-order valence-electron chi connectivity index (χ4n) is 6.13. The van der Waals surface area contributed by atoms with Gasteiger partial charge in [-0.05, 0) is 94.2 Å². The van der Waals surface area contributed by atoms with Crippen molar-refractivity contribution < 1.29 is 9.47 Å². The van der Waals surface area contributed by atoms with E-state index in [2.05, 4.69) is 101 Å². The Hall–Kier alpha value is -2.75. The number of rotatable bonds is 8. The number of hydrogen-bond acceptors (Lipinski definition) is 4. The van der Waals surface area contributed by atoms with E-state index in [0.717, 1.165) is 21.3 Å². The zero-order chi connectivity index (χ0) is 30.1. The Labute approximate surface area is 261 Å². The largest absolute Gasteiger partial charge is 0.487 e. The second-order valence-corrected chi connectivity index (χ2v) is 23.3. The van der Waals surface area contributed by atoms with Gasteiger partial charge in [-0.25, -0.2) is 0 Å². The fraction of sp³-hybridized carbons (Fsp3) is 0.389. The highest BCUT2D eigenvalue weighted by Crippen LogP contribution is 2.42. The van der Waals surface area contributed by atoms with Crippen LogP contribution in [0.2, 0.25) is 36.3 Å². The van der Waals surface area contributed by atoms with E-state index in [1.54, 1.807) is 36.9 Å². The summed E-state index contributed by atoms with van der Waals surface area (Å²) < 4.78 is 13.8. The van der Waals surface area contributed by atoms with Crippen LogP contribution in [0.5, 0.6) is 10.1 Å². The molecule has 0 fully saturated rings. The van der Waals surface area contributed by atoms with Crippen LogP contribution >= 0.6 is 22.7 Å². The van der Waals surface area contributed by atoms with Crippen LogP contribution < -0.4 is 9.47 Å². The van der Waals surface area contributed by atoms with Gasteiger partial charge < -0.3 is 9.47 Å². The number of ether oxygens (including phenoxy) is 2. The van der Waals surface area contributed by atoms with E-state index in [9.17, 15) is 0 Å². The minimum Gasteiger partial charge on any atom is -0.487 e. The number of benzene rings is 3. The molecule has 0 spiro atoms. The summed E-state index contributed by atoms with van der Waals surface area (Å²) in [4.78, 5) is 0. The van der Waals surface area contributed by atoms with Crippen molar-refractivity contribution >= 4 is 80.5 Å². The summed E-state index contributed by atoms with van der Waals surface area (Å²) in [6, 6.07) is 20.8. The first-order chi connectivity index (χ1) is 20.3. The lowest BCUT2D eigenvalue weighted by Crippen LogP contribution is -2.29. The molecular formula is C36H42O2S2Si2. The molecule has 0 saturated carbocycles. The van der Waals surface area contributed by atoms with Crippen molar-refractivity contribution in [2.45, 2.75) is 77.8 Å². The number of hydrogen-bond donors (Lipinski definition) is 0. The van der Waals surface area contributed by atoms with Crippen molar-refractivity contribution in [2.24, 2.45) is 0 Å². The monoisotopic (exact) mass is 626 g/mol. The maximum atomic E-state index is 5.66. The highest BCUT2D eigenvalue weighted by Gasteiger charge is 2.26. The number of methoxy groups -OCH3 is 2. The van der Waals surface area contributed by atoms with Gasteiger partial charge in [-0.15, -0.1) is 11.1 Å². The molecule has 0 amide bonds. The first-order valence-electron chi connectivity index (χ1n) is 15.4. The second kappa shape index (κ2) is 12.5. The second-order valence-electron chi connectivity index (χ2n) is 11.3. The van der Waals surface area contributed by atoms with Crippen molar-refractivity contribution in [3.05, 3.63) is 47.5 Å². The lowest BCUT2D eigenvalue weighted by molar-refractivity contribution is 0.427. The van der Waals surface area contributed by atoms with E-state index >= 15 is 0 Å². The van der Waals surface area contributed by atoms with E-state index in [1.807, 2.05) is 0 Å². The lowest BCUT2D eigenvalue weighted by atomic mass is 9.91. The molecule has 5 rings (SSSR count). The molecule has 2 aromatic heterocycles. The third-order valence-electron chi connectivity index (χ3n) is 9.71. The SMILES string of the molecule is CC[Si](C#Cc1c2cc3cc(OC)sc3cc2c(C#C[Si](CC)(CC)CC)c2cc3cc(OC)sc3cc12)(CC)CC. The Morgan fingerprint density at radius 3 is 1.17 bits per heavy atom. The molecule has 218 valence electrons. The summed E-state index contributed by atoms with van der Waals surface area (Å²) in [5.74, 6) is 7.69. The molecule has 6 heteroatoms. The summed E-state index contributed by atoms with van der Waals surface area (Å²) in [6.45, 7) is 14.0. The molecule has 0 aliphatic carbocycles. The molecule has 0 bridgehead atoms. The number of fused-ring (bicyclic) bond motifs is 4. The predicted molar refractivity (Wildman–Crippen MR) is 193 cm³/mol. The van der Waals surface area contributed by atoms with E-state index in [1.165, 1.54) is 78.0 Å². The molecule has 0 aliphatic heterocycles. The van der Waals surface area contributed by atoms with Crippen LogP contribution in [-0.2, 0) is 0 Å². The van der Waals surface area contributed by atoms with Gasteiger partial charge in [0.1, 0.15) is 16.1 Å². The van der Waals surface area contributed by atoms with Crippen LogP contribution in [0.1, 0.15) is 52.7 Å². The summed E-state index contributed by atoms with van der Waals surface area (Å²) in [7, 11) is 0.159. The van der Waals surface area contributed by atoms with E-state index in [4.69, 9.17) is 9.47 Å². The van der Waals surface area contributed by atoms with Crippen LogP contribution in [0.4, 0.5) is 0 Å². The molecule has 42 heavy (non-hydrogen) atoms. The minimum atomic E-state index is -1.67. The number of thiophene rings is 2. The standard InChI is InChI=1S/C36H42O2S2Si2/c1-9-41(10-2,11-3)17-15-27-29-19-25-21-35(37-7)40-34(25)24-32(29)28(16-18-42(12-4,13-5)14-6)30-20-26-22-36(38-8)39-33(26)23-31(27)30/h19-24H,9-14H2,1-8H3. The average molecular weight is 627 g/mol. The average Bonchev–Trinajstić information content (AvgIpc) is 3.64. The van der Waals surface area contributed by atoms with Gasteiger partial charge in [0.05, 0.1) is 14.2 Å². The molecule has 0 aliphatic rings. The fourth-order valence-corrected chi connectivity index (χ4v) is 12.8. The minimum absolute atomic E-state index is 0.932. The lowest BCUT2D eigenvalue weighted by Gasteiger charge is -2.21. The van der Waals surface area contributed by atoms with Gasteiger partial charge >= 0.3 is 0 Å². The first kappa shape index (κ1) is 30.7. The van der Waals surface area contributed by atoms with Gasteiger partial charge in [-0.2, -0.15) is 0 Å². The van der Waals surface area contributed by atoms with Gasteiger partial charge in [-0.1, -0.05) is 76.1 Å². The Bertz CT molecular complexity index is 1650. The van der Waals surface area contributed by atoms with E-state index in [-0.39, 0.29) is 0 Å². The summed E-state index contributed by atoms with van der Waals surface area (Å²) in [6.07, 6.45) is 0. The van der Waals surface area contributed by atoms with Crippen molar-refractivity contribution in [2.75, 3.05) is 14.2 Å². The molecule has 2 heterocycles. The Morgan fingerprint density at radius 2 is 0.857 bits per heavy atom. The van der Waals surface area contributed by atoms with Crippen LogP contribution in [0.15, 0.2) is 36.4 Å². The third-order valence-corrected chi connectivity index (χ3v) is 21.3. The van der Waals surface area contributed by atoms with Gasteiger partial charge in [0.15, 0.2) is 10.1 Å². The maximum Gasteiger partial charge on any atom is 0.174 e. The maximum absolute atomic E-state index is 5.66. The predicted octanol–water partition coefficient (Wildman–Crippen LogP) is 11.2. The van der Waals surface area contributed by atoms with Crippen molar-refractivity contribution in [3.8, 4) is 33.1 Å². The quantitative estimate of drug-likeness (QED) is 0.0969. The summed E-state index contributed by atoms with van der Waals surface area (Å²) in [5.41, 5.74) is 10.1.